The van der Waals surface area contributed by atoms with Crippen LogP contribution in [-0.4, -0.2) is 48.0 Å². The summed E-state index contributed by atoms with van der Waals surface area (Å²) in [5.41, 5.74) is -0.0209. The molecule has 2 aromatic rings. The van der Waals surface area contributed by atoms with Crippen molar-refractivity contribution in [1.82, 2.24) is 15.3 Å². The van der Waals surface area contributed by atoms with Gasteiger partial charge >= 0.3 is 0 Å². The van der Waals surface area contributed by atoms with Crippen LogP contribution in [0.1, 0.15) is 28.2 Å². The fraction of sp³-hybridized carbons (Fsp3) is 0.471. The highest BCUT2D eigenvalue weighted by molar-refractivity contribution is 7.17. The van der Waals surface area contributed by atoms with E-state index < -0.39 is 17.4 Å². The molecule has 0 bridgehead atoms. The molecule has 10 heteroatoms. The molecule has 0 unspecified atom stereocenters. The average Bonchev–Trinajstić information content (AvgIpc) is 3.32. The second kappa shape index (κ2) is 7.45. The molecule has 144 valence electrons. The first-order valence-electron chi connectivity index (χ1n) is 8.61. The van der Waals surface area contributed by atoms with Gasteiger partial charge in [0.1, 0.15) is 16.5 Å². The molecule has 2 saturated heterocycles. The van der Waals surface area contributed by atoms with Crippen LogP contribution in [0.4, 0.5) is 13.9 Å². The normalized spacial score (nSPS) is 18.8. The van der Waals surface area contributed by atoms with E-state index in [2.05, 4.69) is 20.2 Å². The number of carbonyl (C=O) groups excluding carboxylic acids is 1. The van der Waals surface area contributed by atoms with Crippen LogP contribution >= 0.6 is 11.3 Å². The maximum Gasteiger partial charge on any atom is 0.263 e. The number of carbonyl (C=O) groups is 1. The number of amides is 1. The topological polar surface area (TPSA) is 76.6 Å². The minimum Gasteiger partial charge on any atom is -0.348 e. The number of hydrogen-bond donors (Lipinski definition) is 1. The molecule has 2 aliphatic heterocycles. The highest BCUT2D eigenvalue weighted by Crippen LogP contribution is 2.34. The molecule has 2 fully saturated rings. The van der Waals surface area contributed by atoms with Gasteiger partial charge in [0, 0.05) is 32.0 Å². The van der Waals surface area contributed by atoms with Crippen molar-refractivity contribution in [3.05, 3.63) is 40.7 Å². The summed E-state index contributed by atoms with van der Waals surface area (Å²) in [5, 5.41) is 3.33. The van der Waals surface area contributed by atoms with Crippen LogP contribution < -0.4 is 10.2 Å². The molecule has 4 rings (SSSR count). The second-order valence-corrected chi connectivity index (χ2v) is 7.38. The summed E-state index contributed by atoms with van der Waals surface area (Å²) < 4.78 is 37.9. The van der Waals surface area contributed by atoms with E-state index in [9.17, 15) is 13.6 Å². The van der Waals surface area contributed by atoms with E-state index in [-0.39, 0.29) is 18.1 Å². The zero-order valence-electron chi connectivity index (χ0n) is 14.4. The molecule has 1 amide bonds. The third kappa shape index (κ3) is 3.92. The van der Waals surface area contributed by atoms with Crippen LogP contribution in [0.5, 0.6) is 0 Å². The van der Waals surface area contributed by atoms with Crippen molar-refractivity contribution in [3.63, 3.8) is 0 Å². The zero-order valence-corrected chi connectivity index (χ0v) is 15.2. The third-order valence-electron chi connectivity index (χ3n) is 4.63. The number of nitrogens with one attached hydrogen (secondary N) is 1. The Morgan fingerprint density at radius 3 is 2.67 bits per heavy atom. The monoisotopic (exact) mass is 396 g/mol. The van der Waals surface area contributed by atoms with Gasteiger partial charge in [-0.1, -0.05) is 11.3 Å². The molecule has 0 aliphatic carbocycles. The van der Waals surface area contributed by atoms with Gasteiger partial charge in [0.05, 0.1) is 37.8 Å². The number of halogens is 2. The number of aromatic nitrogens is 2. The van der Waals surface area contributed by atoms with Crippen molar-refractivity contribution >= 4 is 22.4 Å². The van der Waals surface area contributed by atoms with Crippen LogP contribution in [0.15, 0.2) is 18.5 Å². The Labute approximate surface area is 158 Å². The summed E-state index contributed by atoms with van der Waals surface area (Å²) in [6.07, 6.45) is 3.92. The molecule has 0 saturated carbocycles. The number of rotatable bonds is 4. The van der Waals surface area contributed by atoms with Crippen molar-refractivity contribution in [2.24, 2.45) is 0 Å². The second-order valence-electron chi connectivity index (χ2n) is 6.37. The van der Waals surface area contributed by atoms with Crippen molar-refractivity contribution in [2.45, 2.75) is 25.2 Å². The van der Waals surface area contributed by atoms with E-state index >= 15 is 0 Å². The maximum absolute atomic E-state index is 13.6. The molecular formula is C17H18F2N4O3S. The molecule has 0 aromatic carbocycles. The summed E-state index contributed by atoms with van der Waals surface area (Å²) in [5.74, 6) is -2.38. The summed E-state index contributed by atoms with van der Waals surface area (Å²) in [4.78, 5) is 22.8. The number of thiazole rings is 1. The lowest BCUT2D eigenvalue weighted by atomic mass is 10.0. The Morgan fingerprint density at radius 2 is 1.96 bits per heavy atom. The first-order valence-corrected chi connectivity index (χ1v) is 9.43. The molecule has 4 heterocycles. The van der Waals surface area contributed by atoms with E-state index in [4.69, 9.17) is 9.47 Å². The fourth-order valence-electron chi connectivity index (χ4n) is 3.16. The predicted octanol–water partition coefficient (Wildman–Crippen LogP) is 2.09. The standard InChI is InChI=1S/C17H18F2N4O3S/c18-11-7-12(19)13(20-8-11)9-21-15(24)14-10-22-16(27-14)23-3-1-17(2-4-23)25-5-6-26-17/h7-8,10H,1-6,9H2,(H,21,24). The van der Waals surface area contributed by atoms with E-state index in [0.29, 0.717) is 18.1 Å². The number of piperidine rings is 1. The van der Waals surface area contributed by atoms with Crippen LogP contribution in [0.25, 0.3) is 0 Å². The molecule has 0 atom stereocenters. The van der Waals surface area contributed by atoms with Gasteiger partial charge in [-0.15, -0.1) is 0 Å². The zero-order chi connectivity index (χ0) is 18.9. The van der Waals surface area contributed by atoms with E-state index in [1.54, 1.807) is 0 Å². The minimum absolute atomic E-state index is 0.0209. The van der Waals surface area contributed by atoms with E-state index in [1.165, 1.54) is 17.5 Å². The lowest BCUT2D eigenvalue weighted by molar-refractivity contribution is -0.169. The van der Waals surface area contributed by atoms with Crippen molar-refractivity contribution in [1.29, 1.82) is 0 Å². The van der Waals surface area contributed by atoms with E-state index in [0.717, 1.165) is 43.3 Å². The summed E-state index contributed by atoms with van der Waals surface area (Å²) in [7, 11) is 0. The van der Waals surface area contributed by atoms with Gasteiger partial charge in [-0.25, -0.2) is 13.8 Å². The van der Waals surface area contributed by atoms with Crippen molar-refractivity contribution in [3.8, 4) is 0 Å². The summed E-state index contributed by atoms with van der Waals surface area (Å²) in [6.45, 7) is 2.60. The lowest BCUT2D eigenvalue weighted by Crippen LogP contribution is -2.45. The van der Waals surface area contributed by atoms with Gasteiger partial charge in [-0.2, -0.15) is 0 Å². The molecule has 7 nitrogen and oxygen atoms in total. The van der Waals surface area contributed by atoms with Gasteiger partial charge in [-0.05, 0) is 0 Å². The third-order valence-corrected chi connectivity index (χ3v) is 5.68. The van der Waals surface area contributed by atoms with Gasteiger partial charge in [0.2, 0.25) is 0 Å². The number of nitrogens with zero attached hydrogens (tertiary/aromatic N) is 3. The Morgan fingerprint density at radius 1 is 1.22 bits per heavy atom. The smallest absolute Gasteiger partial charge is 0.263 e. The molecule has 1 spiro atoms. The number of anilines is 1. The van der Waals surface area contributed by atoms with Gasteiger partial charge in [0.25, 0.3) is 5.91 Å². The number of pyridine rings is 1. The van der Waals surface area contributed by atoms with Gasteiger partial charge in [-0.3, -0.25) is 9.78 Å². The lowest BCUT2D eigenvalue weighted by Gasteiger charge is -2.37. The Bertz CT molecular complexity index is 831. The molecule has 27 heavy (non-hydrogen) atoms. The SMILES string of the molecule is O=C(NCc1ncc(F)cc1F)c1cnc(N2CCC3(CC2)OCCO3)s1. The van der Waals surface area contributed by atoms with Crippen LogP contribution in [0.3, 0.4) is 0 Å². The van der Waals surface area contributed by atoms with Crippen molar-refractivity contribution in [2.75, 3.05) is 31.2 Å². The first kappa shape index (κ1) is 18.2. The quantitative estimate of drug-likeness (QED) is 0.853. The molecular weight excluding hydrogens is 378 g/mol. The van der Waals surface area contributed by atoms with E-state index in [1.807, 2.05) is 0 Å². The van der Waals surface area contributed by atoms with Crippen LogP contribution in [-0.2, 0) is 16.0 Å². The maximum atomic E-state index is 13.6. The molecule has 2 aliphatic rings. The largest absolute Gasteiger partial charge is 0.348 e. The number of ether oxygens (including phenoxy) is 2. The molecule has 1 N–H and O–H groups in total. The molecule has 2 aromatic heterocycles. The fourth-order valence-corrected chi connectivity index (χ4v) is 4.05. The van der Waals surface area contributed by atoms with Gasteiger partial charge < -0.3 is 19.7 Å². The Hall–Kier alpha value is -2.17. The van der Waals surface area contributed by atoms with Gasteiger partial charge in [0.15, 0.2) is 10.9 Å². The first-order chi connectivity index (χ1) is 13.0. The van der Waals surface area contributed by atoms with Crippen LogP contribution in [0, 0.1) is 11.6 Å². The number of hydrogen-bond acceptors (Lipinski definition) is 7. The summed E-state index contributed by atoms with van der Waals surface area (Å²) >= 11 is 1.27. The highest BCUT2D eigenvalue weighted by Gasteiger charge is 2.40. The Kier molecular flexibility index (Phi) is 5.02. The highest BCUT2D eigenvalue weighted by atomic mass is 32.1. The van der Waals surface area contributed by atoms with Crippen molar-refractivity contribution < 1.29 is 23.0 Å². The predicted molar refractivity (Wildman–Crippen MR) is 93.5 cm³/mol. The Balaban J connectivity index is 1.34. The summed E-state index contributed by atoms with van der Waals surface area (Å²) in [6, 6.07) is 0.736. The average molecular weight is 396 g/mol. The molecule has 0 radical (unpaired) electrons. The van der Waals surface area contributed by atoms with Crippen LogP contribution in [0.2, 0.25) is 0 Å². The minimum atomic E-state index is -0.793.